The van der Waals surface area contributed by atoms with E-state index in [1.807, 2.05) is 36.4 Å². The Kier molecular flexibility index (Phi) is 6.10. The van der Waals surface area contributed by atoms with Gasteiger partial charge in [-0.15, -0.1) is 0 Å². The van der Waals surface area contributed by atoms with Gasteiger partial charge in [-0.2, -0.15) is 0 Å². The Morgan fingerprint density at radius 3 is 1.83 bits per heavy atom. The van der Waals surface area contributed by atoms with Crippen molar-refractivity contribution in [3.63, 3.8) is 0 Å². The molecule has 1 N–H and O–H groups in total. The van der Waals surface area contributed by atoms with Gasteiger partial charge in [-0.05, 0) is 21.5 Å². The fourth-order valence-electron chi connectivity index (χ4n) is 3.08. The van der Waals surface area contributed by atoms with Gasteiger partial charge in [0.25, 0.3) is 8.32 Å². The zero-order chi connectivity index (χ0) is 17.6. The zero-order valence-electron chi connectivity index (χ0n) is 14.5. The van der Waals surface area contributed by atoms with Crippen molar-refractivity contribution in [3.05, 3.63) is 72.6 Å². The molecule has 0 spiro atoms. The molecule has 2 aromatic carbocycles. The molecule has 0 fully saturated rings. The van der Waals surface area contributed by atoms with Crippen molar-refractivity contribution < 1.29 is 13.9 Å². The summed E-state index contributed by atoms with van der Waals surface area (Å²) in [6.07, 6.45) is 1.32. The first-order chi connectivity index (χ1) is 11.4. The maximum Gasteiger partial charge on any atom is 0.261 e. The second-order valence-electron chi connectivity index (χ2n) is 6.78. The Morgan fingerprint density at radius 2 is 1.46 bits per heavy atom. The lowest BCUT2D eigenvalue weighted by Gasteiger charge is -2.42. The van der Waals surface area contributed by atoms with E-state index in [1.165, 1.54) is 6.08 Å². The summed E-state index contributed by atoms with van der Waals surface area (Å²) in [5.74, 6) is -0.562. The monoisotopic (exact) mass is 344 g/mol. The summed E-state index contributed by atoms with van der Waals surface area (Å²) in [6.45, 7) is 6.06. The Labute approximate surface area is 144 Å². The molecule has 0 amide bonds. The Morgan fingerprint density at radius 1 is 1.00 bits per heavy atom. The molecular weight excluding hydrogens is 319 g/mol. The van der Waals surface area contributed by atoms with Crippen LogP contribution in [0.25, 0.3) is 0 Å². The summed E-state index contributed by atoms with van der Waals surface area (Å²) in [7, 11) is -2.62. The molecule has 0 saturated carbocycles. The molecule has 0 aliphatic carbocycles. The van der Waals surface area contributed by atoms with Crippen LogP contribution in [0, 0.1) is 0 Å². The number of benzene rings is 2. The molecular formula is C20H25FO2Si. The molecule has 2 nitrogen and oxygen atoms in total. The number of aliphatic hydroxyl groups is 1. The number of halogens is 1. The van der Waals surface area contributed by atoms with Gasteiger partial charge in [-0.25, -0.2) is 4.39 Å². The van der Waals surface area contributed by atoms with E-state index < -0.39 is 20.8 Å². The summed E-state index contributed by atoms with van der Waals surface area (Å²) in [6, 6.07) is 20.4. The van der Waals surface area contributed by atoms with Crippen LogP contribution in [0.1, 0.15) is 20.8 Å². The highest BCUT2D eigenvalue weighted by atomic mass is 28.4. The average molecular weight is 345 g/mol. The first-order valence-electron chi connectivity index (χ1n) is 8.12. The minimum absolute atomic E-state index is 0.139. The largest absolute Gasteiger partial charge is 0.404 e. The van der Waals surface area contributed by atoms with Gasteiger partial charge < -0.3 is 9.53 Å². The molecule has 0 aromatic heterocycles. The van der Waals surface area contributed by atoms with E-state index in [0.29, 0.717) is 0 Å². The quantitative estimate of drug-likeness (QED) is 0.814. The van der Waals surface area contributed by atoms with Crippen LogP contribution >= 0.6 is 0 Å². The van der Waals surface area contributed by atoms with Crippen LogP contribution in [0.5, 0.6) is 0 Å². The van der Waals surface area contributed by atoms with Gasteiger partial charge in [0, 0.05) is 0 Å². The lowest BCUT2D eigenvalue weighted by atomic mass is 10.2. The fraction of sp³-hybridized carbons (Fsp3) is 0.300. The second-order valence-corrected chi connectivity index (χ2v) is 11.1. The van der Waals surface area contributed by atoms with E-state index in [4.69, 9.17) is 9.53 Å². The molecule has 0 bridgehead atoms. The molecule has 2 aromatic rings. The standard InChI is InChI=1S/C20H25FO2Si/c1-20(2,3)24(18-10-6-4-7-11-18,19-12-8-5-9-13-19)23-15-14-17(21)16-22/h4-14,22H,15-16H2,1-3H3/b17-14+. The van der Waals surface area contributed by atoms with E-state index in [-0.39, 0.29) is 11.6 Å². The molecule has 2 rings (SSSR count). The van der Waals surface area contributed by atoms with Crippen molar-refractivity contribution >= 4 is 18.7 Å². The van der Waals surface area contributed by atoms with Crippen molar-refractivity contribution in [1.82, 2.24) is 0 Å². The van der Waals surface area contributed by atoms with Crippen LogP contribution in [0.2, 0.25) is 5.04 Å². The fourth-order valence-corrected chi connectivity index (χ4v) is 7.57. The molecule has 0 saturated heterocycles. The third kappa shape index (κ3) is 3.83. The highest BCUT2D eigenvalue weighted by Crippen LogP contribution is 2.36. The highest BCUT2D eigenvalue weighted by molar-refractivity contribution is 6.99. The molecule has 0 aliphatic rings. The van der Waals surface area contributed by atoms with Crippen molar-refractivity contribution in [1.29, 1.82) is 0 Å². The predicted octanol–water partition coefficient (Wildman–Crippen LogP) is 3.41. The van der Waals surface area contributed by atoms with Crippen molar-refractivity contribution in [2.24, 2.45) is 0 Å². The van der Waals surface area contributed by atoms with Crippen molar-refractivity contribution in [3.8, 4) is 0 Å². The summed E-state index contributed by atoms with van der Waals surface area (Å²) in [5.41, 5.74) is 0. The van der Waals surface area contributed by atoms with Gasteiger partial charge in [0.05, 0.1) is 13.2 Å². The average Bonchev–Trinajstić information content (AvgIpc) is 2.59. The second kappa shape index (κ2) is 7.88. The molecule has 0 radical (unpaired) electrons. The molecule has 0 heterocycles. The summed E-state index contributed by atoms with van der Waals surface area (Å²) >= 11 is 0. The molecule has 4 heteroatoms. The zero-order valence-corrected chi connectivity index (χ0v) is 15.5. The van der Waals surface area contributed by atoms with Crippen LogP contribution in [0.3, 0.4) is 0 Å². The van der Waals surface area contributed by atoms with Crippen molar-refractivity contribution in [2.75, 3.05) is 13.2 Å². The summed E-state index contributed by atoms with van der Waals surface area (Å²) < 4.78 is 19.8. The number of hydrogen-bond acceptors (Lipinski definition) is 2. The molecule has 0 unspecified atom stereocenters. The van der Waals surface area contributed by atoms with Gasteiger partial charge in [0.2, 0.25) is 0 Å². The first kappa shape index (κ1) is 18.6. The van der Waals surface area contributed by atoms with Crippen LogP contribution in [-0.2, 0) is 4.43 Å². The van der Waals surface area contributed by atoms with Crippen LogP contribution < -0.4 is 10.4 Å². The minimum Gasteiger partial charge on any atom is -0.404 e. The third-order valence-electron chi connectivity index (χ3n) is 4.17. The Hall–Kier alpha value is -1.75. The van der Waals surface area contributed by atoms with Crippen LogP contribution in [-0.4, -0.2) is 26.6 Å². The first-order valence-corrected chi connectivity index (χ1v) is 10.0. The van der Waals surface area contributed by atoms with Gasteiger partial charge >= 0.3 is 0 Å². The number of hydrogen-bond donors (Lipinski definition) is 1. The summed E-state index contributed by atoms with van der Waals surface area (Å²) in [4.78, 5) is 0. The molecule has 128 valence electrons. The van der Waals surface area contributed by atoms with E-state index in [9.17, 15) is 4.39 Å². The Bertz CT molecular complexity index is 624. The lowest BCUT2D eigenvalue weighted by Crippen LogP contribution is -2.66. The van der Waals surface area contributed by atoms with Gasteiger partial charge in [-0.3, -0.25) is 0 Å². The third-order valence-corrected chi connectivity index (χ3v) is 9.18. The Balaban J connectivity index is 2.57. The van der Waals surface area contributed by atoms with Gasteiger partial charge in [0.15, 0.2) is 0 Å². The maximum atomic E-state index is 13.4. The SMILES string of the molecule is CC(C)(C)[Si](OC/C=C(/F)CO)(c1ccccc1)c1ccccc1. The lowest BCUT2D eigenvalue weighted by molar-refractivity contribution is 0.289. The maximum absolute atomic E-state index is 13.4. The summed E-state index contributed by atoms with van der Waals surface area (Å²) in [5, 5.41) is 11.0. The molecule has 0 aliphatic heterocycles. The van der Waals surface area contributed by atoms with Gasteiger partial charge in [-0.1, -0.05) is 81.4 Å². The highest BCUT2D eigenvalue weighted by Gasteiger charge is 2.49. The molecule has 0 atom stereocenters. The molecule has 24 heavy (non-hydrogen) atoms. The van der Waals surface area contributed by atoms with Gasteiger partial charge in [0.1, 0.15) is 5.83 Å². The number of aliphatic hydroxyl groups excluding tert-OH is 1. The van der Waals surface area contributed by atoms with E-state index in [0.717, 1.165) is 10.4 Å². The number of rotatable bonds is 6. The minimum atomic E-state index is -2.62. The van der Waals surface area contributed by atoms with Crippen LogP contribution in [0.15, 0.2) is 72.6 Å². The smallest absolute Gasteiger partial charge is 0.261 e. The van der Waals surface area contributed by atoms with Crippen LogP contribution in [0.4, 0.5) is 4.39 Å². The predicted molar refractivity (Wildman–Crippen MR) is 99.8 cm³/mol. The topological polar surface area (TPSA) is 29.5 Å². The van der Waals surface area contributed by atoms with E-state index >= 15 is 0 Å². The van der Waals surface area contributed by atoms with E-state index in [2.05, 4.69) is 45.0 Å². The van der Waals surface area contributed by atoms with Crippen molar-refractivity contribution in [2.45, 2.75) is 25.8 Å². The normalized spacial score (nSPS) is 13.1. The van der Waals surface area contributed by atoms with E-state index in [1.54, 1.807) is 0 Å².